The molecule has 2 aromatic carbocycles. The molecule has 1 saturated heterocycles. The first-order chi connectivity index (χ1) is 15.8. The van der Waals surface area contributed by atoms with Gasteiger partial charge in [0.25, 0.3) is 0 Å². The summed E-state index contributed by atoms with van der Waals surface area (Å²) in [5, 5.41) is 11.5. The lowest BCUT2D eigenvalue weighted by Gasteiger charge is -2.24. The Morgan fingerprint density at radius 1 is 1.18 bits per heavy atom. The lowest BCUT2D eigenvalue weighted by Crippen LogP contribution is -2.49. The van der Waals surface area contributed by atoms with Crippen LogP contribution in [0.2, 0.25) is 0 Å². The molecule has 2 atom stereocenters. The van der Waals surface area contributed by atoms with Gasteiger partial charge in [-0.15, -0.1) is 0 Å². The van der Waals surface area contributed by atoms with Crippen LogP contribution in [0.1, 0.15) is 26.2 Å². The van der Waals surface area contributed by atoms with Crippen molar-refractivity contribution in [3.8, 4) is 22.9 Å². The van der Waals surface area contributed by atoms with Crippen molar-refractivity contribution < 1.29 is 22.7 Å². The van der Waals surface area contributed by atoms with Gasteiger partial charge in [0.1, 0.15) is 17.8 Å². The monoisotopic (exact) mass is 470 g/mol. The van der Waals surface area contributed by atoms with Crippen LogP contribution < -0.4 is 15.8 Å². The molecule has 1 heterocycles. The molecule has 3 N–H and O–H groups in total. The lowest BCUT2D eigenvalue weighted by molar-refractivity contribution is -0.125. The van der Waals surface area contributed by atoms with E-state index in [1.54, 1.807) is 18.2 Å². The summed E-state index contributed by atoms with van der Waals surface area (Å²) in [5.74, 6) is -0.589. The third kappa shape index (κ3) is 5.69. The van der Waals surface area contributed by atoms with Gasteiger partial charge in [0.15, 0.2) is 0 Å². The van der Waals surface area contributed by atoms with Gasteiger partial charge >= 0.3 is 0 Å². The normalized spacial score (nSPS) is 17.2. The molecule has 0 radical (unpaired) electrons. The van der Waals surface area contributed by atoms with Gasteiger partial charge in [-0.05, 0) is 55.2 Å². The van der Waals surface area contributed by atoms with Crippen LogP contribution in [0.15, 0.2) is 53.4 Å². The number of benzene rings is 2. The van der Waals surface area contributed by atoms with Crippen LogP contribution in [0, 0.1) is 11.3 Å². The van der Waals surface area contributed by atoms with Crippen molar-refractivity contribution in [2.45, 2.75) is 43.2 Å². The van der Waals surface area contributed by atoms with Crippen LogP contribution >= 0.6 is 0 Å². The molecule has 1 aliphatic rings. The zero-order valence-corrected chi connectivity index (χ0v) is 19.0. The Kier molecular flexibility index (Phi) is 7.68. The first kappa shape index (κ1) is 24.2. The summed E-state index contributed by atoms with van der Waals surface area (Å²) in [6.45, 7) is 2.67. The molecule has 1 aliphatic heterocycles. The maximum absolute atomic E-state index is 13.2. The molecule has 3 rings (SSSR count). The highest BCUT2D eigenvalue weighted by atomic mass is 32.2. The van der Waals surface area contributed by atoms with E-state index in [0.717, 1.165) is 21.2 Å². The van der Waals surface area contributed by atoms with Gasteiger partial charge in [-0.3, -0.25) is 9.59 Å². The molecule has 9 nitrogen and oxygen atoms in total. The predicted octanol–water partition coefficient (Wildman–Crippen LogP) is 1.79. The highest BCUT2D eigenvalue weighted by molar-refractivity contribution is 7.89. The number of sulfonamides is 1. The fourth-order valence-electron chi connectivity index (χ4n) is 3.75. The minimum absolute atomic E-state index is 0.0749. The molecule has 0 aliphatic carbocycles. The molecule has 2 aromatic rings. The van der Waals surface area contributed by atoms with Gasteiger partial charge < -0.3 is 15.8 Å². The van der Waals surface area contributed by atoms with E-state index >= 15 is 0 Å². The number of ether oxygens (including phenoxy) is 1. The topological polar surface area (TPSA) is 143 Å². The number of nitrogens with zero attached hydrogens (tertiary/aromatic N) is 2. The van der Waals surface area contributed by atoms with E-state index < -0.39 is 33.9 Å². The Labute approximate surface area is 193 Å². The molecule has 2 amide bonds. The molecule has 0 unspecified atom stereocenters. The standard InChI is InChI=1S/C23H26N4O5S/c1-2-32-19-9-5-16(6-10-19)17-7-11-20(12-8-17)33(30,31)27-13-3-4-21(27)23(29)26-18(15-24)14-22(25)28/h5-12,18,21H,2-4,13-14H2,1H3,(H2,25,28)(H,26,29)/t18-,21-/m0/s1. The third-order valence-corrected chi connectivity index (χ3v) is 7.27. The Bertz CT molecular complexity index is 1140. The molecule has 33 heavy (non-hydrogen) atoms. The maximum Gasteiger partial charge on any atom is 0.243 e. The van der Waals surface area contributed by atoms with Crippen molar-refractivity contribution >= 4 is 21.8 Å². The van der Waals surface area contributed by atoms with Crippen molar-refractivity contribution in [3.63, 3.8) is 0 Å². The summed E-state index contributed by atoms with van der Waals surface area (Å²) >= 11 is 0. The number of nitriles is 1. The maximum atomic E-state index is 13.2. The Morgan fingerprint density at radius 3 is 2.33 bits per heavy atom. The van der Waals surface area contributed by atoms with Crippen LogP contribution in [0.4, 0.5) is 0 Å². The second-order valence-corrected chi connectivity index (χ2v) is 9.51. The minimum Gasteiger partial charge on any atom is -0.494 e. The average Bonchev–Trinajstić information content (AvgIpc) is 3.30. The highest BCUT2D eigenvalue weighted by Gasteiger charge is 2.40. The number of rotatable bonds is 9. The van der Waals surface area contributed by atoms with Gasteiger partial charge in [0.05, 0.1) is 24.0 Å². The molecule has 174 valence electrons. The molecular weight excluding hydrogens is 444 g/mol. The lowest BCUT2D eigenvalue weighted by atomic mass is 10.1. The quantitative estimate of drug-likeness (QED) is 0.572. The number of primary amides is 1. The van der Waals surface area contributed by atoms with Crippen molar-refractivity contribution in [1.29, 1.82) is 5.26 Å². The number of hydrogen-bond donors (Lipinski definition) is 2. The third-order valence-electron chi connectivity index (χ3n) is 5.34. The number of nitrogens with one attached hydrogen (secondary N) is 1. The Hall–Kier alpha value is -3.42. The van der Waals surface area contributed by atoms with Crippen molar-refractivity contribution in [3.05, 3.63) is 48.5 Å². The van der Waals surface area contributed by atoms with Crippen LogP contribution in [0.25, 0.3) is 11.1 Å². The Morgan fingerprint density at radius 2 is 1.79 bits per heavy atom. The average molecular weight is 471 g/mol. The van der Waals surface area contributed by atoms with E-state index in [1.165, 1.54) is 12.1 Å². The summed E-state index contributed by atoms with van der Waals surface area (Å²) in [7, 11) is -3.93. The SMILES string of the molecule is CCOc1ccc(-c2ccc(S(=O)(=O)N3CCC[C@H]3C(=O)N[C@H](C#N)CC(N)=O)cc2)cc1. The van der Waals surface area contributed by atoms with E-state index in [-0.39, 0.29) is 17.9 Å². The van der Waals surface area contributed by atoms with Gasteiger partial charge in [0, 0.05) is 6.54 Å². The Balaban J connectivity index is 1.76. The van der Waals surface area contributed by atoms with E-state index in [2.05, 4.69) is 5.32 Å². The largest absolute Gasteiger partial charge is 0.494 e. The van der Waals surface area contributed by atoms with Gasteiger partial charge in [-0.25, -0.2) is 8.42 Å². The first-order valence-electron chi connectivity index (χ1n) is 10.6. The van der Waals surface area contributed by atoms with E-state index in [9.17, 15) is 18.0 Å². The number of hydrogen-bond acceptors (Lipinski definition) is 6. The van der Waals surface area contributed by atoms with Gasteiger partial charge in [0.2, 0.25) is 21.8 Å². The minimum atomic E-state index is -3.93. The van der Waals surface area contributed by atoms with Gasteiger partial charge in [-0.1, -0.05) is 24.3 Å². The summed E-state index contributed by atoms with van der Waals surface area (Å²) in [6.07, 6.45) is 0.493. The second-order valence-electron chi connectivity index (χ2n) is 7.62. The van der Waals surface area contributed by atoms with E-state index in [4.69, 9.17) is 15.7 Å². The molecule has 0 saturated carbocycles. The summed E-state index contributed by atoms with van der Waals surface area (Å²) < 4.78 is 33.1. The van der Waals surface area contributed by atoms with Crippen LogP contribution in [0.5, 0.6) is 5.75 Å². The van der Waals surface area contributed by atoms with Crippen LogP contribution in [-0.4, -0.2) is 49.8 Å². The van der Waals surface area contributed by atoms with E-state index in [0.29, 0.717) is 19.4 Å². The van der Waals surface area contributed by atoms with E-state index in [1.807, 2.05) is 31.2 Å². The van der Waals surface area contributed by atoms with Crippen LogP contribution in [0.3, 0.4) is 0 Å². The highest BCUT2D eigenvalue weighted by Crippen LogP contribution is 2.29. The molecule has 10 heteroatoms. The van der Waals surface area contributed by atoms with Crippen LogP contribution in [-0.2, 0) is 19.6 Å². The molecule has 0 bridgehead atoms. The predicted molar refractivity (Wildman–Crippen MR) is 121 cm³/mol. The number of carbonyl (C=O) groups excluding carboxylic acids is 2. The number of carbonyl (C=O) groups is 2. The number of nitrogens with two attached hydrogens (primary N) is 1. The van der Waals surface area contributed by atoms with Crippen molar-refractivity contribution in [1.82, 2.24) is 9.62 Å². The molecular formula is C23H26N4O5S. The zero-order valence-electron chi connectivity index (χ0n) is 18.2. The summed E-state index contributed by atoms with van der Waals surface area (Å²) in [6, 6.07) is 13.7. The fourth-order valence-corrected chi connectivity index (χ4v) is 5.41. The van der Waals surface area contributed by atoms with Gasteiger partial charge in [-0.2, -0.15) is 9.57 Å². The molecule has 0 aromatic heterocycles. The molecule has 0 spiro atoms. The second kappa shape index (κ2) is 10.5. The number of amides is 2. The fraction of sp³-hybridized carbons (Fsp3) is 0.348. The van der Waals surface area contributed by atoms with Crippen molar-refractivity contribution in [2.24, 2.45) is 5.73 Å². The molecule has 1 fully saturated rings. The first-order valence-corrected chi connectivity index (χ1v) is 12.0. The summed E-state index contributed by atoms with van der Waals surface area (Å²) in [4.78, 5) is 23.8. The summed E-state index contributed by atoms with van der Waals surface area (Å²) in [5.41, 5.74) is 6.85. The van der Waals surface area contributed by atoms with Crippen molar-refractivity contribution in [2.75, 3.05) is 13.2 Å². The zero-order chi connectivity index (χ0) is 24.0. The smallest absolute Gasteiger partial charge is 0.243 e.